The lowest BCUT2D eigenvalue weighted by Gasteiger charge is -2.09. The Kier molecular flexibility index (Phi) is 4.31. The lowest BCUT2D eigenvalue weighted by atomic mass is 10.2. The maximum Gasteiger partial charge on any atom is 0.280 e. The highest BCUT2D eigenvalue weighted by molar-refractivity contribution is 14.1. The van der Waals surface area contributed by atoms with Crippen LogP contribution in [0.5, 0.6) is 5.75 Å². The number of pyridine rings is 1. The van der Waals surface area contributed by atoms with Crippen LogP contribution in [0.4, 0.5) is 8.78 Å². The molecule has 1 aromatic heterocycles. The third-order valence-corrected chi connectivity index (χ3v) is 2.79. The minimum atomic E-state index is -2.60. The molecule has 1 rings (SSSR count). The summed E-state index contributed by atoms with van der Waals surface area (Å²) in [5.74, 6) is 0.549. The van der Waals surface area contributed by atoms with Gasteiger partial charge in [0.15, 0.2) is 0 Å². The van der Waals surface area contributed by atoms with Gasteiger partial charge in [-0.2, -0.15) is 0 Å². The van der Waals surface area contributed by atoms with Crippen LogP contribution in [-0.4, -0.2) is 12.1 Å². The molecule has 1 aromatic rings. The molecule has 1 heterocycles. The predicted octanol–water partition coefficient (Wildman–Crippen LogP) is 3.37. The minimum Gasteiger partial charge on any atom is -0.496 e. The van der Waals surface area contributed by atoms with Crippen molar-refractivity contribution in [3.8, 4) is 5.75 Å². The number of alkyl halides is 3. The summed E-state index contributed by atoms with van der Waals surface area (Å²) in [6.07, 6.45) is -2.60. The zero-order valence-corrected chi connectivity index (χ0v) is 10.1. The Balaban J connectivity index is 3.24. The van der Waals surface area contributed by atoms with Gasteiger partial charge in [-0.15, -0.1) is 11.6 Å². The van der Waals surface area contributed by atoms with Gasteiger partial charge < -0.3 is 4.74 Å². The van der Waals surface area contributed by atoms with E-state index in [1.165, 1.54) is 13.2 Å². The highest BCUT2D eigenvalue weighted by Gasteiger charge is 2.15. The second kappa shape index (κ2) is 5.06. The Morgan fingerprint density at radius 3 is 2.71 bits per heavy atom. The molecule has 0 N–H and O–H groups in total. The molecule has 0 radical (unpaired) electrons. The molecular weight excluding hydrogens is 326 g/mol. The summed E-state index contributed by atoms with van der Waals surface area (Å²) >= 11 is 7.50. The minimum absolute atomic E-state index is 0.192. The van der Waals surface area contributed by atoms with E-state index in [-0.39, 0.29) is 11.6 Å². The SMILES string of the molecule is COc1cc(C(F)F)nc(I)c1CCl. The van der Waals surface area contributed by atoms with E-state index in [1.54, 1.807) is 0 Å². The molecule has 0 spiro atoms. The first kappa shape index (κ1) is 11.9. The van der Waals surface area contributed by atoms with Crippen LogP contribution in [0.1, 0.15) is 17.7 Å². The van der Waals surface area contributed by atoms with Gasteiger partial charge in [0.2, 0.25) is 0 Å². The van der Waals surface area contributed by atoms with E-state index in [1.807, 2.05) is 22.6 Å². The number of methoxy groups -OCH3 is 1. The summed E-state index contributed by atoms with van der Waals surface area (Å²) in [6.45, 7) is 0. The van der Waals surface area contributed by atoms with Crippen molar-refractivity contribution in [2.24, 2.45) is 0 Å². The fourth-order valence-corrected chi connectivity index (χ4v) is 2.17. The molecule has 0 aliphatic rings. The molecule has 0 aliphatic carbocycles. The second-order valence-electron chi connectivity index (χ2n) is 2.45. The zero-order valence-electron chi connectivity index (χ0n) is 7.23. The van der Waals surface area contributed by atoms with Crippen LogP contribution < -0.4 is 4.74 Å². The third kappa shape index (κ3) is 2.44. The first-order chi connectivity index (χ1) is 6.60. The van der Waals surface area contributed by atoms with Crippen LogP contribution in [0.25, 0.3) is 0 Å². The summed E-state index contributed by atoms with van der Waals surface area (Å²) in [5.41, 5.74) is 0.347. The van der Waals surface area contributed by atoms with Crippen molar-refractivity contribution in [2.75, 3.05) is 7.11 Å². The van der Waals surface area contributed by atoms with Gasteiger partial charge in [-0.1, -0.05) is 0 Å². The average Bonchev–Trinajstić information content (AvgIpc) is 2.16. The van der Waals surface area contributed by atoms with Gasteiger partial charge in [0, 0.05) is 11.6 Å². The highest BCUT2D eigenvalue weighted by Crippen LogP contribution is 2.29. The van der Waals surface area contributed by atoms with Crippen molar-refractivity contribution in [3.05, 3.63) is 21.0 Å². The molecule has 0 aromatic carbocycles. The Labute approximate surface area is 98.8 Å². The fraction of sp³-hybridized carbons (Fsp3) is 0.375. The number of halogens is 4. The van der Waals surface area contributed by atoms with Gasteiger partial charge in [0.25, 0.3) is 6.43 Å². The molecule has 6 heteroatoms. The van der Waals surface area contributed by atoms with Crippen molar-refractivity contribution in [3.63, 3.8) is 0 Å². The molecular formula is C8H7ClF2INO. The van der Waals surface area contributed by atoms with Crippen LogP contribution in [0.15, 0.2) is 6.07 Å². The topological polar surface area (TPSA) is 22.1 Å². The summed E-state index contributed by atoms with van der Waals surface area (Å²) in [7, 11) is 1.41. The van der Waals surface area contributed by atoms with Crippen molar-refractivity contribution < 1.29 is 13.5 Å². The summed E-state index contributed by atoms with van der Waals surface area (Å²) < 4.78 is 30.1. The number of aromatic nitrogens is 1. The molecule has 0 fully saturated rings. The van der Waals surface area contributed by atoms with Gasteiger partial charge in [-0.3, -0.25) is 0 Å². The molecule has 0 amide bonds. The zero-order chi connectivity index (χ0) is 10.7. The number of hydrogen-bond donors (Lipinski definition) is 0. The van der Waals surface area contributed by atoms with Crippen molar-refractivity contribution in [1.82, 2.24) is 4.98 Å². The number of hydrogen-bond acceptors (Lipinski definition) is 2. The number of rotatable bonds is 3. The largest absolute Gasteiger partial charge is 0.496 e. The van der Waals surface area contributed by atoms with E-state index in [9.17, 15) is 8.78 Å². The molecule has 0 atom stereocenters. The van der Waals surface area contributed by atoms with Gasteiger partial charge >= 0.3 is 0 Å². The quantitative estimate of drug-likeness (QED) is 0.481. The van der Waals surface area contributed by atoms with E-state index in [4.69, 9.17) is 16.3 Å². The van der Waals surface area contributed by atoms with Crippen molar-refractivity contribution >= 4 is 34.2 Å². The maximum atomic E-state index is 12.3. The van der Waals surface area contributed by atoms with Crippen LogP contribution in [0.2, 0.25) is 0 Å². The standard InChI is InChI=1S/C8H7ClF2INO/c1-14-6-2-5(7(10)11)13-8(12)4(6)3-9/h2,7H,3H2,1H3. The number of ether oxygens (including phenoxy) is 1. The molecule has 2 nitrogen and oxygen atoms in total. The normalized spacial score (nSPS) is 10.7. The predicted molar refractivity (Wildman–Crippen MR) is 58.0 cm³/mol. The van der Waals surface area contributed by atoms with Gasteiger partial charge in [-0.05, 0) is 22.6 Å². The Morgan fingerprint density at radius 1 is 1.64 bits per heavy atom. The Bertz CT molecular complexity index is 335. The van der Waals surface area contributed by atoms with Crippen LogP contribution in [0.3, 0.4) is 0 Å². The molecule has 0 unspecified atom stereocenters. The molecule has 14 heavy (non-hydrogen) atoms. The average molecular weight is 334 g/mol. The molecule has 0 aliphatic heterocycles. The van der Waals surface area contributed by atoms with Gasteiger partial charge in [0.05, 0.1) is 13.0 Å². The molecule has 0 saturated carbocycles. The lowest BCUT2D eigenvalue weighted by Crippen LogP contribution is -2.00. The Hall–Kier alpha value is -0.170. The van der Waals surface area contributed by atoms with E-state index in [2.05, 4.69) is 4.98 Å². The summed E-state index contributed by atoms with van der Waals surface area (Å²) in [5, 5.41) is 0. The second-order valence-corrected chi connectivity index (χ2v) is 3.74. The third-order valence-electron chi connectivity index (χ3n) is 1.63. The molecule has 0 saturated heterocycles. The van der Waals surface area contributed by atoms with Crippen LogP contribution in [0, 0.1) is 3.70 Å². The van der Waals surface area contributed by atoms with Crippen LogP contribution >= 0.6 is 34.2 Å². The maximum absolute atomic E-state index is 12.3. The van der Waals surface area contributed by atoms with Crippen molar-refractivity contribution in [2.45, 2.75) is 12.3 Å². The first-order valence-corrected chi connectivity index (χ1v) is 5.29. The van der Waals surface area contributed by atoms with E-state index < -0.39 is 6.43 Å². The smallest absolute Gasteiger partial charge is 0.280 e. The summed E-state index contributed by atoms with van der Waals surface area (Å²) in [4.78, 5) is 3.72. The van der Waals surface area contributed by atoms with Crippen molar-refractivity contribution in [1.29, 1.82) is 0 Å². The van der Waals surface area contributed by atoms with Gasteiger partial charge in [0.1, 0.15) is 15.1 Å². The van der Waals surface area contributed by atoms with E-state index >= 15 is 0 Å². The van der Waals surface area contributed by atoms with Gasteiger partial charge in [-0.25, -0.2) is 13.8 Å². The highest BCUT2D eigenvalue weighted by atomic mass is 127. The molecule has 78 valence electrons. The molecule has 0 bridgehead atoms. The number of nitrogens with zero attached hydrogens (tertiary/aromatic N) is 1. The Morgan fingerprint density at radius 2 is 2.29 bits per heavy atom. The van der Waals surface area contributed by atoms with Crippen LogP contribution in [-0.2, 0) is 5.88 Å². The van der Waals surface area contributed by atoms with E-state index in [0.717, 1.165) is 0 Å². The first-order valence-electron chi connectivity index (χ1n) is 3.67. The van der Waals surface area contributed by atoms with E-state index in [0.29, 0.717) is 15.0 Å². The fourth-order valence-electron chi connectivity index (χ4n) is 0.951. The monoisotopic (exact) mass is 333 g/mol. The summed E-state index contributed by atoms with van der Waals surface area (Å²) in [6, 6.07) is 1.21. The lowest BCUT2D eigenvalue weighted by molar-refractivity contribution is 0.145.